The molecule has 10 heavy (non-hydrogen) atoms. The fourth-order valence-electron chi connectivity index (χ4n) is 0.761. The Bertz CT molecular complexity index is 66.6. The summed E-state index contributed by atoms with van der Waals surface area (Å²) in [5.41, 5.74) is 0. The van der Waals surface area contributed by atoms with Crippen LogP contribution in [0.5, 0.6) is 0 Å². The monoisotopic (exact) mass is 368 g/mol. The average Bonchev–Trinajstić information content (AvgIpc) is 1.87. The first-order valence-electron chi connectivity index (χ1n) is 3.65. The second-order valence-corrected chi connectivity index (χ2v) is 4.84. The summed E-state index contributed by atoms with van der Waals surface area (Å²) in [5, 5.41) is 8.89. The fraction of sp³-hybridized carbons (Fsp3) is 1.00. The Balaban J connectivity index is 2.77. The Labute approximate surface area is 90.2 Å². The van der Waals surface area contributed by atoms with Gasteiger partial charge in [0.25, 0.3) is 0 Å². The standard InChI is InChI=1S/C7H14I2O/c8-6-4-2-1-3-5-7(9)10/h7,10H,1-6H2. The lowest BCUT2D eigenvalue weighted by atomic mass is 10.2. The normalized spacial score (nSPS) is 13.5. The molecule has 0 heterocycles. The van der Waals surface area contributed by atoms with Crippen molar-refractivity contribution in [1.82, 2.24) is 0 Å². The second kappa shape index (κ2) is 8.52. The molecule has 1 unspecified atom stereocenters. The summed E-state index contributed by atoms with van der Waals surface area (Å²) in [5.74, 6) is 0. The van der Waals surface area contributed by atoms with Crippen LogP contribution in [0, 0.1) is 0 Å². The van der Waals surface area contributed by atoms with E-state index in [4.69, 9.17) is 5.11 Å². The third-order valence-corrected chi connectivity index (χ3v) is 2.71. The first kappa shape index (κ1) is 11.4. The lowest BCUT2D eigenvalue weighted by Crippen LogP contribution is -1.93. The summed E-state index contributed by atoms with van der Waals surface area (Å²) in [6.07, 6.45) is 6.08. The van der Waals surface area contributed by atoms with E-state index in [0.717, 1.165) is 6.42 Å². The van der Waals surface area contributed by atoms with Crippen LogP contribution >= 0.6 is 45.2 Å². The molecule has 3 heteroatoms. The Kier molecular flexibility index (Phi) is 9.73. The van der Waals surface area contributed by atoms with E-state index in [1.54, 1.807) is 0 Å². The zero-order valence-electron chi connectivity index (χ0n) is 6.02. The number of rotatable bonds is 6. The van der Waals surface area contributed by atoms with Gasteiger partial charge in [-0.05, 0) is 17.3 Å². The van der Waals surface area contributed by atoms with Crippen LogP contribution in [0.3, 0.4) is 0 Å². The summed E-state index contributed by atoms with van der Waals surface area (Å²) in [7, 11) is 0. The number of aliphatic hydroxyl groups is 1. The predicted octanol–water partition coefficient (Wildman–Crippen LogP) is 3.13. The number of halogens is 2. The topological polar surface area (TPSA) is 20.2 Å². The van der Waals surface area contributed by atoms with Gasteiger partial charge in [-0.1, -0.05) is 64.4 Å². The van der Waals surface area contributed by atoms with Gasteiger partial charge >= 0.3 is 0 Å². The van der Waals surface area contributed by atoms with E-state index < -0.39 is 0 Å². The number of unbranched alkanes of at least 4 members (excludes halogenated alkanes) is 3. The average molecular weight is 368 g/mol. The molecule has 1 atom stereocenters. The Morgan fingerprint density at radius 2 is 1.70 bits per heavy atom. The SMILES string of the molecule is OC(I)CCCCCCI. The van der Waals surface area contributed by atoms with E-state index in [1.165, 1.54) is 30.1 Å². The fourth-order valence-corrected chi connectivity index (χ4v) is 1.74. The van der Waals surface area contributed by atoms with E-state index in [9.17, 15) is 0 Å². The van der Waals surface area contributed by atoms with E-state index in [1.807, 2.05) is 0 Å². The summed E-state index contributed by atoms with van der Waals surface area (Å²) in [6.45, 7) is 0. The maximum absolute atomic E-state index is 8.89. The first-order valence-corrected chi connectivity index (χ1v) is 6.42. The molecule has 0 aliphatic carbocycles. The van der Waals surface area contributed by atoms with Crippen molar-refractivity contribution in [3.05, 3.63) is 0 Å². The van der Waals surface area contributed by atoms with Gasteiger partial charge in [-0.3, -0.25) is 0 Å². The Morgan fingerprint density at radius 1 is 1.10 bits per heavy atom. The maximum Gasteiger partial charge on any atom is 0.105 e. The van der Waals surface area contributed by atoms with Crippen molar-refractivity contribution in [3.8, 4) is 0 Å². The molecule has 0 saturated carbocycles. The van der Waals surface area contributed by atoms with Crippen molar-refractivity contribution < 1.29 is 5.11 Å². The van der Waals surface area contributed by atoms with Gasteiger partial charge in [0.05, 0.1) is 0 Å². The first-order chi connectivity index (χ1) is 4.77. The molecule has 62 valence electrons. The molecule has 0 aliphatic heterocycles. The van der Waals surface area contributed by atoms with Crippen molar-refractivity contribution in [3.63, 3.8) is 0 Å². The number of aliphatic hydroxyl groups excluding tert-OH is 1. The lowest BCUT2D eigenvalue weighted by Gasteiger charge is -2.00. The van der Waals surface area contributed by atoms with Gasteiger partial charge in [0, 0.05) is 0 Å². The van der Waals surface area contributed by atoms with Crippen LogP contribution in [-0.4, -0.2) is 13.6 Å². The van der Waals surface area contributed by atoms with Gasteiger partial charge in [0.15, 0.2) is 0 Å². The van der Waals surface area contributed by atoms with Gasteiger partial charge < -0.3 is 5.11 Å². The summed E-state index contributed by atoms with van der Waals surface area (Å²) in [6, 6.07) is 0. The minimum Gasteiger partial charge on any atom is -0.383 e. The number of hydrogen-bond acceptors (Lipinski definition) is 1. The molecule has 0 aromatic rings. The minimum absolute atomic E-state index is 0.128. The Morgan fingerprint density at radius 3 is 2.20 bits per heavy atom. The molecule has 0 radical (unpaired) electrons. The molecular formula is C7H14I2O. The van der Waals surface area contributed by atoms with Crippen LogP contribution in [0.25, 0.3) is 0 Å². The molecule has 0 spiro atoms. The van der Waals surface area contributed by atoms with Crippen LogP contribution in [0.4, 0.5) is 0 Å². The third kappa shape index (κ3) is 9.42. The molecular weight excluding hydrogens is 354 g/mol. The zero-order chi connectivity index (χ0) is 7.82. The van der Waals surface area contributed by atoms with E-state index in [-0.39, 0.29) is 4.11 Å². The van der Waals surface area contributed by atoms with Crippen LogP contribution in [-0.2, 0) is 0 Å². The van der Waals surface area contributed by atoms with Crippen molar-refractivity contribution in [1.29, 1.82) is 0 Å². The minimum atomic E-state index is -0.128. The highest BCUT2D eigenvalue weighted by molar-refractivity contribution is 14.1. The van der Waals surface area contributed by atoms with Gasteiger partial charge in [-0.15, -0.1) is 0 Å². The van der Waals surface area contributed by atoms with Gasteiger partial charge in [0.1, 0.15) is 4.11 Å². The van der Waals surface area contributed by atoms with Crippen molar-refractivity contribution in [2.45, 2.75) is 36.2 Å². The highest BCUT2D eigenvalue weighted by Crippen LogP contribution is 2.09. The van der Waals surface area contributed by atoms with Gasteiger partial charge in [0.2, 0.25) is 0 Å². The molecule has 0 amide bonds. The molecule has 1 N–H and O–H groups in total. The van der Waals surface area contributed by atoms with Crippen molar-refractivity contribution in [2.24, 2.45) is 0 Å². The lowest BCUT2D eigenvalue weighted by molar-refractivity contribution is 0.263. The van der Waals surface area contributed by atoms with Crippen molar-refractivity contribution >= 4 is 45.2 Å². The highest BCUT2D eigenvalue weighted by Gasteiger charge is 1.95. The quantitative estimate of drug-likeness (QED) is 0.434. The summed E-state index contributed by atoms with van der Waals surface area (Å²) >= 11 is 4.46. The number of hydrogen-bond donors (Lipinski definition) is 1. The smallest absolute Gasteiger partial charge is 0.105 e. The maximum atomic E-state index is 8.89. The molecule has 0 aliphatic rings. The van der Waals surface area contributed by atoms with Crippen LogP contribution < -0.4 is 0 Å². The largest absolute Gasteiger partial charge is 0.383 e. The molecule has 0 fully saturated rings. The summed E-state index contributed by atoms with van der Waals surface area (Å²) < 4.78 is 1.14. The third-order valence-electron chi connectivity index (χ3n) is 1.33. The van der Waals surface area contributed by atoms with Crippen LogP contribution in [0.15, 0.2) is 0 Å². The Hall–Kier alpha value is 1.42. The van der Waals surface area contributed by atoms with Crippen molar-refractivity contribution in [2.75, 3.05) is 4.43 Å². The molecule has 0 aromatic carbocycles. The van der Waals surface area contributed by atoms with E-state index in [2.05, 4.69) is 45.2 Å². The molecule has 0 saturated heterocycles. The molecule has 0 aromatic heterocycles. The van der Waals surface area contributed by atoms with Crippen LogP contribution in [0.1, 0.15) is 32.1 Å². The van der Waals surface area contributed by atoms with E-state index >= 15 is 0 Å². The predicted molar refractivity (Wildman–Crippen MR) is 62.0 cm³/mol. The van der Waals surface area contributed by atoms with Crippen LogP contribution in [0.2, 0.25) is 0 Å². The molecule has 1 nitrogen and oxygen atoms in total. The second-order valence-electron chi connectivity index (χ2n) is 2.33. The highest BCUT2D eigenvalue weighted by atomic mass is 127. The van der Waals surface area contributed by atoms with Gasteiger partial charge in [-0.2, -0.15) is 0 Å². The zero-order valence-corrected chi connectivity index (χ0v) is 10.3. The molecule has 0 bridgehead atoms. The van der Waals surface area contributed by atoms with Gasteiger partial charge in [-0.25, -0.2) is 0 Å². The summed E-state index contributed by atoms with van der Waals surface area (Å²) in [4.78, 5) is 0. The molecule has 0 rings (SSSR count). The number of alkyl halides is 2. The van der Waals surface area contributed by atoms with E-state index in [0.29, 0.717) is 0 Å².